The lowest BCUT2D eigenvalue weighted by atomic mass is 10.2. The largest absolute Gasteiger partial charge is 0.385 e. The molecule has 0 unspecified atom stereocenters. The Morgan fingerprint density at radius 2 is 2.13 bits per heavy atom. The number of hydrogen-bond acceptors (Lipinski definition) is 3. The van der Waals surface area contributed by atoms with E-state index in [2.05, 4.69) is 10.6 Å². The number of nitrogens with one attached hydrogen (secondary N) is 2. The number of nitrogens with two attached hydrogens (primary N) is 1. The van der Waals surface area contributed by atoms with Gasteiger partial charge >= 0.3 is 0 Å². The topological polar surface area (TPSA) is 67.2 Å². The van der Waals surface area contributed by atoms with Crippen molar-refractivity contribution in [2.75, 3.05) is 23.7 Å². The number of amides is 1. The van der Waals surface area contributed by atoms with Crippen LogP contribution >= 0.6 is 0 Å². The highest BCUT2D eigenvalue weighted by atomic mass is 16.1. The van der Waals surface area contributed by atoms with Gasteiger partial charge in [0.25, 0.3) is 0 Å². The Morgan fingerprint density at radius 3 is 2.80 bits per heavy atom. The van der Waals surface area contributed by atoms with Crippen LogP contribution in [0, 0.1) is 0 Å². The van der Waals surface area contributed by atoms with Crippen molar-refractivity contribution in [2.45, 2.75) is 13.3 Å². The van der Waals surface area contributed by atoms with E-state index in [-0.39, 0.29) is 5.91 Å². The summed E-state index contributed by atoms with van der Waals surface area (Å²) < 4.78 is 0. The summed E-state index contributed by atoms with van der Waals surface area (Å²) in [4.78, 5) is 10.8. The minimum Gasteiger partial charge on any atom is -0.385 e. The summed E-state index contributed by atoms with van der Waals surface area (Å²) in [6.07, 6.45) is 0.935. The van der Waals surface area contributed by atoms with Gasteiger partial charge in [-0.15, -0.1) is 0 Å². The second-order valence-electron chi connectivity index (χ2n) is 3.33. The van der Waals surface area contributed by atoms with Crippen LogP contribution in [0.2, 0.25) is 0 Å². The zero-order valence-corrected chi connectivity index (χ0v) is 8.92. The first kappa shape index (κ1) is 11.5. The average molecular weight is 207 g/mol. The highest BCUT2D eigenvalue weighted by molar-refractivity contribution is 5.89. The van der Waals surface area contributed by atoms with Gasteiger partial charge in [0, 0.05) is 24.8 Å². The first-order valence-electron chi connectivity index (χ1n) is 5.04. The van der Waals surface area contributed by atoms with Gasteiger partial charge in [-0.2, -0.15) is 0 Å². The van der Waals surface area contributed by atoms with Gasteiger partial charge in [0.05, 0.1) is 0 Å². The van der Waals surface area contributed by atoms with Crippen LogP contribution in [0.1, 0.15) is 13.3 Å². The molecule has 0 aromatic heterocycles. The fourth-order valence-corrected chi connectivity index (χ4v) is 1.24. The predicted octanol–water partition coefficient (Wildman–Crippen LogP) is 1.41. The van der Waals surface area contributed by atoms with Crippen molar-refractivity contribution in [3.63, 3.8) is 0 Å². The van der Waals surface area contributed by atoms with Crippen molar-refractivity contribution in [3.05, 3.63) is 24.3 Å². The molecule has 0 aliphatic heterocycles. The van der Waals surface area contributed by atoms with Gasteiger partial charge < -0.3 is 16.4 Å². The summed E-state index contributed by atoms with van der Waals surface area (Å²) in [6, 6.07) is 7.62. The molecule has 0 aliphatic rings. The monoisotopic (exact) mass is 207 g/mol. The van der Waals surface area contributed by atoms with Gasteiger partial charge in [-0.25, -0.2) is 0 Å². The zero-order valence-electron chi connectivity index (χ0n) is 8.92. The van der Waals surface area contributed by atoms with Crippen molar-refractivity contribution < 1.29 is 4.79 Å². The highest BCUT2D eigenvalue weighted by Crippen LogP contribution is 2.14. The maximum atomic E-state index is 10.8. The van der Waals surface area contributed by atoms with Gasteiger partial charge in [0.15, 0.2) is 0 Å². The van der Waals surface area contributed by atoms with Crippen LogP contribution in [0.4, 0.5) is 11.4 Å². The molecule has 82 valence electrons. The lowest BCUT2D eigenvalue weighted by Gasteiger charge is -2.07. The quantitative estimate of drug-likeness (QED) is 0.639. The lowest BCUT2D eigenvalue weighted by Crippen LogP contribution is -2.09. The summed E-state index contributed by atoms with van der Waals surface area (Å²) in [6.45, 7) is 3.02. The van der Waals surface area contributed by atoms with Crippen LogP contribution in [0.5, 0.6) is 0 Å². The molecule has 0 radical (unpaired) electrons. The van der Waals surface area contributed by atoms with Crippen molar-refractivity contribution in [1.29, 1.82) is 0 Å². The van der Waals surface area contributed by atoms with Crippen LogP contribution in [0.25, 0.3) is 0 Å². The average Bonchev–Trinajstić information content (AvgIpc) is 2.18. The molecule has 15 heavy (non-hydrogen) atoms. The van der Waals surface area contributed by atoms with Crippen molar-refractivity contribution in [2.24, 2.45) is 5.73 Å². The van der Waals surface area contributed by atoms with E-state index in [1.54, 1.807) is 0 Å². The van der Waals surface area contributed by atoms with Gasteiger partial charge in [-0.1, -0.05) is 6.07 Å². The standard InChI is InChI=1S/C11H17N3O/c1-9(15)14-11-5-2-4-10(8-11)13-7-3-6-12/h2,4-5,8,13H,3,6-7,12H2,1H3,(H,14,15). The SMILES string of the molecule is CC(=O)Nc1cccc(NCCCN)c1. The third-order valence-corrected chi connectivity index (χ3v) is 1.89. The summed E-state index contributed by atoms with van der Waals surface area (Å²) >= 11 is 0. The molecule has 4 nitrogen and oxygen atoms in total. The Morgan fingerprint density at radius 1 is 1.40 bits per heavy atom. The third-order valence-electron chi connectivity index (χ3n) is 1.89. The second-order valence-corrected chi connectivity index (χ2v) is 3.33. The minimum atomic E-state index is -0.0610. The molecule has 0 fully saturated rings. The molecule has 1 aromatic rings. The summed E-state index contributed by atoms with van der Waals surface area (Å²) in [5, 5.41) is 5.96. The molecule has 0 saturated carbocycles. The van der Waals surface area contributed by atoms with Gasteiger partial charge in [0.2, 0.25) is 5.91 Å². The molecular weight excluding hydrogens is 190 g/mol. The fourth-order valence-electron chi connectivity index (χ4n) is 1.24. The number of hydrogen-bond donors (Lipinski definition) is 3. The Labute approximate surface area is 89.9 Å². The smallest absolute Gasteiger partial charge is 0.221 e. The van der Waals surface area contributed by atoms with Gasteiger partial charge in [-0.05, 0) is 31.2 Å². The Kier molecular flexibility index (Phi) is 4.63. The molecule has 0 spiro atoms. The summed E-state index contributed by atoms with van der Waals surface area (Å²) in [7, 11) is 0. The van der Waals surface area contributed by atoms with Gasteiger partial charge in [0.1, 0.15) is 0 Å². The zero-order chi connectivity index (χ0) is 11.1. The fraction of sp³-hybridized carbons (Fsp3) is 0.364. The number of rotatable bonds is 5. The molecule has 0 heterocycles. The van der Waals surface area contributed by atoms with E-state index in [4.69, 9.17) is 5.73 Å². The number of benzene rings is 1. The van der Waals surface area contributed by atoms with E-state index < -0.39 is 0 Å². The molecule has 1 aromatic carbocycles. The molecule has 0 saturated heterocycles. The highest BCUT2D eigenvalue weighted by Gasteiger charge is 1.96. The van der Waals surface area contributed by atoms with Crippen molar-refractivity contribution >= 4 is 17.3 Å². The Hall–Kier alpha value is -1.55. The number of anilines is 2. The maximum Gasteiger partial charge on any atom is 0.221 e. The molecular formula is C11H17N3O. The third kappa shape index (κ3) is 4.46. The number of carbonyl (C=O) groups is 1. The van der Waals surface area contributed by atoms with E-state index in [0.717, 1.165) is 24.3 Å². The molecule has 4 heteroatoms. The second kappa shape index (κ2) is 6.03. The first-order chi connectivity index (χ1) is 7.22. The lowest BCUT2D eigenvalue weighted by molar-refractivity contribution is -0.114. The molecule has 0 atom stereocenters. The maximum absolute atomic E-state index is 10.8. The van der Waals surface area contributed by atoms with Crippen molar-refractivity contribution in [1.82, 2.24) is 0 Å². The molecule has 1 amide bonds. The van der Waals surface area contributed by atoms with Crippen LogP contribution in [-0.4, -0.2) is 19.0 Å². The first-order valence-corrected chi connectivity index (χ1v) is 5.04. The minimum absolute atomic E-state index is 0.0610. The molecule has 4 N–H and O–H groups in total. The van der Waals surface area contributed by atoms with E-state index in [0.29, 0.717) is 6.54 Å². The van der Waals surface area contributed by atoms with Crippen LogP contribution in [0.3, 0.4) is 0 Å². The number of carbonyl (C=O) groups excluding carboxylic acids is 1. The predicted molar refractivity (Wildman–Crippen MR) is 62.9 cm³/mol. The molecule has 0 aliphatic carbocycles. The van der Waals surface area contributed by atoms with Crippen LogP contribution in [0.15, 0.2) is 24.3 Å². The van der Waals surface area contributed by atoms with Gasteiger partial charge in [-0.3, -0.25) is 4.79 Å². The van der Waals surface area contributed by atoms with E-state index >= 15 is 0 Å². The Balaban J connectivity index is 2.53. The normalized spacial score (nSPS) is 9.73. The summed E-state index contributed by atoms with van der Waals surface area (Å²) in [5.74, 6) is -0.0610. The van der Waals surface area contributed by atoms with E-state index in [1.165, 1.54) is 6.92 Å². The van der Waals surface area contributed by atoms with Crippen LogP contribution < -0.4 is 16.4 Å². The summed E-state index contributed by atoms with van der Waals surface area (Å²) in [5.41, 5.74) is 7.19. The van der Waals surface area contributed by atoms with Crippen molar-refractivity contribution in [3.8, 4) is 0 Å². The van der Waals surface area contributed by atoms with E-state index in [1.807, 2.05) is 24.3 Å². The van der Waals surface area contributed by atoms with E-state index in [9.17, 15) is 4.79 Å². The Bertz CT molecular complexity index is 325. The van der Waals surface area contributed by atoms with Crippen LogP contribution in [-0.2, 0) is 4.79 Å². The molecule has 0 bridgehead atoms. The molecule has 1 rings (SSSR count).